The van der Waals surface area contributed by atoms with Crippen LogP contribution in [0.1, 0.15) is 22.0 Å². The molecule has 0 aromatic heterocycles. The van der Waals surface area contributed by atoms with Crippen molar-refractivity contribution in [3.63, 3.8) is 0 Å². The Balaban J connectivity index is 2.20. The first-order chi connectivity index (χ1) is 9.61. The van der Waals surface area contributed by atoms with E-state index < -0.39 is 17.8 Å². The molecule has 1 unspecified atom stereocenters. The summed E-state index contributed by atoms with van der Waals surface area (Å²) < 4.78 is 14.2. The second kappa shape index (κ2) is 6.31. The van der Waals surface area contributed by atoms with Crippen molar-refractivity contribution in [2.24, 2.45) is 0 Å². The number of carbonyl (C=O) groups is 1. The molecule has 2 rings (SSSR count). The van der Waals surface area contributed by atoms with Gasteiger partial charge >= 0.3 is 0 Å². The highest BCUT2D eigenvalue weighted by Crippen LogP contribution is 2.17. The number of hydrogen-bond acceptors (Lipinski definition) is 2. The van der Waals surface area contributed by atoms with Crippen molar-refractivity contribution in [2.75, 3.05) is 0 Å². The Bertz CT molecular complexity index is 667. The molecule has 0 saturated carbocycles. The molecule has 0 radical (unpaired) electrons. The van der Waals surface area contributed by atoms with Crippen LogP contribution in [-0.2, 0) is 0 Å². The Morgan fingerprint density at radius 3 is 2.55 bits per heavy atom. The highest BCUT2D eigenvalue weighted by molar-refractivity contribution is 9.10. The molecule has 1 N–H and O–H groups in total. The maximum absolute atomic E-state index is 13.7. The van der Waals surface area contributed by atoms with Gasteiger partial charge in [0.15, 0.2) is 0 Å². The quantitative estimate of drug-likeness (QED) is 0.933. The van der Waals surface area contributed by atoms with E-state index in [1.807, 2.05) is 12.1 Å². The first-order valence-corrected chi connectivity index (χ1v) is 6.61. The lowest BCUT2D eigenvalue weighted by atomic mass is 10.1. The van der Waals surface area contributed by atoms with Gasteiger partial charge in [0, 0.05) is 4.47 Å². The average Bonchev–Trinajstić information content (AvgIpc) is 2.45. The summed E-state index contributed by atoms with van der Waals surface area (Å²) in [4.78, 5) is 12.0. The minimum Gasteiger partial charge on any atom is -0.332 e. The lowest BCUT2D eigenvalue weighted by Crippen LogP contribution is -2.28. The van der Waals surface area contributed by atoms with E-state index in [1.165, 1.54) is 12.1 Å². The Morgan fingerprint density at radius 1 is 1.25 bits per heavy atom. The van der Waals surface area contributed by atoms with Crippen LogP contribution in [0.25, 0.3) is 0 Å². The van der Waals surface area contributed by atoms with Crippen molar-refractivity contribution in [2.45, 2.75) is 6.04 Å². The Morgan fingerprint density at radius 2 is 1.95 bits per heavy atom. The number of hydrogen-bond donors (Lipinski definition) is 1. The van der Waals surface area contributed by atoms with Crippen molar-refractivity contribution in [3.8, 4) is 6.07 Å². The smallest absolute Gasteiger partial charge is 0.255 e. The molecule has 1 atom stereocenters. The SMILES string of the molecule is N#CC(NC(=O)c1ccc(Br)cc1F)c1ccccc1. The number of rotatable bonds is 3. The van der Waals surface area contributed by atoms with Crippen molar-refractivity contribution >= 4 is 21.8 Å². The third kappa shape index (κ3) is 3.22. The summed E-state index contributed by atoms with van der Waals surface area (Å²) in [7, 11) is 0. The average molecular weight is 333 g/mol. The van der Waals surface area contributed by atoms with Crippen LogP contribution in [0.5, 0.6) is 0 Å². The summed E-state index contributed by atoms with van der Waals surface area (Å²) in [5.74, 6) is -1.26. The molecule has 2 aromatic carbocycles. The van der Waals surface area contributed by atoms with Gasteiger partial charge in [-0.25, -0.2) is 4.39 Å². The van der Waals surface area contributed by atoms with E-state index in [2.05, 4.69) is 21.2 Å². The third-order valence-corrected chi connectivity index (χ3v) is 3.21. The summed E-state index contributed by atoms with van der Waals surface area (Å²) in [5.41, 5.74) is 0.560. The third-order valence-electron chi connectivity index (χ3n) is 2.71. The van der Waals surface area contributed by atoms with Crippen molar-refractivity contribution in [1.82, 2.24) is 5.32 Å². The molecule has 0 fully saturated rings. The topological polar surface area (TPSA) is 52.9 Å². The van der Waals surface area contributed by atoms with Gasteiger partial charge in [-0.2, -0.15) is 5.26 Å². The second-order valence-electron chi connectivity index (χ2n) is 4.07. The zero-order chi connectivity index (χ0) is 14.5. The Kier molecular flexibility index (Phi) is 4.49. The van der Waals surface area contributed by atoms with Gasteiger partial charge in [0.25, 0.3) is 5.91 Å². The zero-order valence-corrected chi connectivity index (χ0v) is 11.9. The minimum atomic E-state index is -0.813. The van der Waals surface area contributed by atoms with E-state index in [1.54, 1.807) is 30.3 Å². The molecule has 20 heavy (non-hydrogen) atoms. The van der Waals surface area contributed by atoms with Gasteiger partial charge in [-0.05, 0) is 23.8 Å². The second-order valence-corrected chi connectivity index (χ2v) is 4.99. The fourth-order valence-corrected chi connectivity index (χ4v) is 2.05. The number of halogens is 2. The van der Waals surface area contributed by atoms with E-state index >= 15 is 0 Å². The molecule has 0 aliphatic rings. The standard InChI is InChI=1S/C15H10BrFN2O/c16-11-6-7-12(13(17)8-11)15(20)19-14(9-18)10-4-2-1-3-5-10/h1-8,14H,(H,19,20). The van der Waals surface area contributed by atoms with Gasteiger partial charge in [0.1, 0.15) is 11.9 Å². The molecule has 2 aromatic rings. The van der Waals surface area contributed by atoms with Crippen LogP contribution in [0.15, 0.2) is 53.0 Å². The van der Waals surface area contributed by atoms with Crippen molar-refractivity contribution < 1.29 is 9.18 Å². The normalized spacial score (nSPS) is 11.4. The number of benzene rings is 2. The molecule has 0 aliphatic heterocycles. The van der Waals surface area contributed by atoms with Crippen LogP contribution in [0.4, 0.5) is 4.39 Å². The van der Waals surface area contributed by atoms with Crippen LogP contribution >= 0.6 is 15.9 Å². The van der Waals surface area contributed by atoms with E-state index in [-0.39, 0.29) is 5.56 Å². The molecular weight excluding hydrogens is 323 g/mol. The maximum atomic E-state index is 13.7. The molecule has 100 valence electrons. The van der Waals surface area contributed by atoms with Gasteiger partial charge in [0.2, 0.25) is 0 Å². The molecule has 3 nitrogen and oxygen atoms in total. The number of amides is 1. The molecule has 0 spiro atoms. The van der Waals surface area contributed by atoms with Crippen LogP contribution in [0.3, 0.4) is 0 Å². The number of carbonyl (C=O) groups excluding carboxylic acids is 1. The van der Waals surface area contributed by atoms with E-state index in [9.17, 15) is 9.18 Å². The number of nitrogens with zero attached hydrogens (tertiary/aromatic N) is 1. The van der Waals surface area contributed by atoms with E-state index in [4.69, 9.17) is 5.26 Å². The van der Waals surface area contributed by atoms with Gasteiger partial charge in [-0.15, -0.1) is 0 Å². The Hall–Kier alpha value is -2.19. The van der Waals surface area contributed by atoms with Crippen molar-refractivity contribution in [3.05, 3.63) is 69.9 Å². The van der Waals surface area contributed by atoms with Crippen LogP contribution in [0.2, 0.25) is 0 Å². The lowest BCUT2D eigenvalue weighted by molar-refractivity contribution is 0.0941. The van der Waals surface area contributed by atoms with Crippen LogP contribution < -0.4 is 5.32 Å². The minimum absolute atomic E-state index is 0.0932. The first-order valence-electron chi connectivity index (χ1n) is 5.82. The molecular formula is C15H10BrFN2O. The summed E-state index contributed by atoms with van der Waals surface area (Å²) in [6.45, 7) is 0. The van der Waals surface area contributed by atoms with Gasteiger partial charge in [-0.3, -0.25) is 4.79 Å². The van der Waals surface area contributed by atoms with E-state index in [0.29, 0.717) is 10.0 Å². The highest BCUT2D eigenvalue weighted by Gasteiger charge is 2.17. The fourth-order valence-electron chi connectivity index (χ4n) is 1.72. The summed E-state index contributed by atoms with van der Waals surface area (Å²) in [6.07, 6.45) is 0. The van der Waals surface area contributed by atoms with Gasteiger partial charge in [-0.1, -0.05) is 46.3 Å². The molecule has 0 bridgehead atoms. The van der Waals surface area contributed by atoms with Crippen LogP contribution in [-0.4, -0.2) is 5.91 Å². The van der Waals surface area contributed by atoms with Crippen LogP contribution in [0, 0.1) is 17.1 Å². The highest BCUT2D eigenvalue weighted by atomic mass is 79.9. The first kappa shape index (κ1) is 14.2. The fraction of sp³-hybridized carbons (Fsp3) is 0.0667. The van der Waals surface area contributed by atoms with Crippen molar-refractivity contribution in [1.29, 1.82) is 5.26 Å². The largest absolute Gasteiger partial charge is 0.332 e. The zero-order valence-electron chi connectivity index (χ0n) is 10.3. The maximum Gasteiger partial charge on any atom is 0.255 e. The summed E-state index contributed by atoms with van der Waals surface area (Å²) >= 11 is 3.12. The number of nitrogens with one attached hydrogen (secondary N) is 1. The predicted octanol–water partition coefficient (Wildman–Crippen LogP) is 3.58. The van der Waals surface area contributed by atoms with Gasteiger partial charge < -0.3 is 5.32 Å². The molecule has 1 amide bonds. The molecule has 0 saturated heterocycles. The lowest BCUT2D eigenvalue weighted by Gasteiger charge is -2.12. The monoisotopic (exact) mass is 332 g/mol. The molecule has 0 heterocycles. The summed E-state index contributed by atoms with van der Waals surface area (Å²) in [5, 5.41) is 11.6. The number of nitriles is 1. The molecule has 0 aliphatic carbocycles. The predicted molar refractivity (Wildman–Crippen MR) is 76.4 cm³/mol. The summed E-state index contributed by atoms with van der Waals surface area (Å²) in [6, 6.07) is 14.1. The van der Waals surface area contributed by atoms with Gasteiger partial charge in [0.05, 0.1) is 11.6 Å². The van der Waals surface area contributed by atoms with E-state index in [0.717, 1.165) is 0 Å². The molecule has 5 heteroatoms. The Labute approximate surface area is 124 Å².